The lowest BCUT2D eigenvalue weighted by molar-refractivity contribution is 0.0489. The number of ether oxygens (including phenoxy) is 1. The molecule has 0 aromatic carbocycles. The van der Waals surface area contributed by atoms with Gasteiger partial charge in [-0.05, 0) is 25.6 Å². The number of amides is 1. The molecule has 0 aliphatic rings. The Kier molecular flexibility index (Phi) is 7.23. The van der Waals surface area contributed by atoms with Gasteiger partial charge in [0.2, 0.25) is 0 Å². The standard InChI is InChI=1S/C9H19F2NO3Si/c1-14-16(2,3)6-4-5-12-9(13)15-7-8(10)11/h8H,4-7H2,1-3H3,(H,12,13). The van der Waals surface area contributed by atoms with Gasteiger partial charge in [0, 0.05) is 13.7 Å². The SMILES string of the molecule is CO[Si](C)(C)CCCNC(=O)OCC(F)F. The van der Waals surface area contributed by atoms with E-state index in [9.17, 15) is 13.6 Å². The van der Waals surface area contributed by atoms with Gasteiger partial charge in [-0.25, -0.2) is 13.6 Å². The number of nitrogens with one attached hydrogen (secondary N) is 1. The van der Waals surface area contributed by atoms with Crippen LogP contribution in [0.2, 0.25) is 19.1 Å². The second kappa shape index (κ2) is 7.56. The number of carbonyl (C=O) groups excluding carboxylic acids is 1. The van der Waals surface area contributed by atoms with Crippen LogP contribution in [0.1, 0.15) is 6.42 Å². The Morgan fingerprint density at radius 1 is 1.44 bits per heavy atom. The molecule has 0 saturated heterocycles. The first kappa shape index (κ1) is 15.3. The highest BCUT2D eigenvalue weighted by Crippen LogP contribution is 2.11. The summed E-state index contributed by atoms with van der Waals surface area (Å²) in [6.07, 6.45) is -2.65. The number of rotatable bonds is 7. The Labute approximate surface area is 95.4 Å². The van der Waals surface area contributed by atoms with Crippen molar-refractivity contribution in [2.45, 2.75) is 32.0 Å². The summed E-state index contributed by atoms with van der Waals surface area (Å²) in [6.45, 7) is 3.70. The van der Waals surface area contributed by atoms with Gasteiger partial charge in [0.15, 0.2) is 14.9 Å². The molecule has 0 saturated carbocycles. The fourth-order valence-corrected chi connectivity index (χ4v) is 2.23. The molecule has 0 unspecified atom stereocenters. The maximum atomic E-state index is 11.7. The van der Waals surface area contributed by atoms with E-state index in [0.29, 0.717) is 6.54 Å². The molecule has 0 radical (unpaired) electrons. The molecule has 0 aromatic rings. The Hall–Kier alpha value is -0.693. The second-order valence-corrected chi connectivity index (χ2v) is 8.41. The monoisotopic (exact) mass is 255 g/mol. The third kappa shape index (κ3) is 8.60. The Morgan fingerprint density at radius 2 is 2.06 bits per heavy atom. The molecule has 1 amide bonds. The van der Waals surface area contributed by atoms with E-state index < -0.39 is 27.4 Å². The minimum Gasteiger partial charge on any atom is -0.443 e. The lowest BCUT2D eigenvalue weighted by Gasteiger charge is -2.19. The molecule has 0 aromatic heterocycles. The van der Waals surface area contributed by atoms with Gasteiger partial charge < -0.3 is 14.5 Å². The molecule has 0 heterocycles. The summed E-state index contributed by atoms with van der Waals surface area (Å²) in [7, 11) is 0.0794. The summed E-state index contributed by atoms with van der Waals surface area (Å²) < 4.78 is 32.9. The quantitative estimate of drug-likeness (QED) is 0.560. The fourth-order valence-electron chi connectivity index (χ4n) is 0.996. The first-order valence-corrected chi connectivity index (χ1v) is 8.23. The number of halogens is 2. The summed E-state index contributed by atoms with van der Waals surface area (Å²) in [4.78, 5) is 10.9. The maximum Gasteiger partial charge on any atom is 0.407 e. The lowest BCUT2D eigenvalue weighted by Crippen LogP contribution is -2.31. The first-order valence-electron chi connectivity index (χ1n) is 5.11. The average Bonchev–Trinajstić information content (AvgIpc) is 2.21. The van der Waals surface area contributed by atoms with Crippen molar-refractivity contribution < 1.29 is 22.7 Å². The molecule has 0 fully saturated rings. The van der Waals surface area contributed by atoms with Crippen molar-refractivity contribution in [2.24, 2.45) is 0 Å². The van der Waals surface area contributed by atoms with Crippen LogP contribution in [-0.2, 0) is 9.16 Å². The zero-order valence-electron chi connectivity index (χ0n) is 9.89. The van der Waals surface area contributed by atoms with Crippen LogP contribution in [0.5, 0.6) is 0 Å². The summed E-state index contributed by atoms with van der Waals surface area (Å²) in [6, 6.07) is 0.901. The van der Waals surface area contributed by atoms with Crippen molar-refractivity contribution in [3.63, 3.8) is 0 Å². The van der Waals surface area contributed by atoms with Crippen molar-refractivity contribution in [1.29, 1.82) is 0 Å². The largest absolute Gasteiger partial charge is 0.443 e. The predicted molar refractivity (Wildman–Crippen MR) is 59.3 cm³/mol. The van der Waals surface area contributed by atoms with Gasteiger partial charge >= 0.3 is 6.09 Å². The van der Waals surface area contributed by atoms with Crippen LogP contribution in [0, 0.1) is 0 Å². The van der Waals surface area contributed by atoms with E-state index in [1.54, 1.807) is 7.11 Å². The van der Waals surface area contributed by atoms with Gasteiger partial charge in [0.05, 0.1) is 0 Å². The predicted octanol–water partition coefficient (Wildman–Crippen LogP) is 2.22. The summed E-state index contributed by atoms with van der Waals surface area (Å²) in [5.74, 6) is 0. The van der Waals surface area contributed by atoms with Gasteiger partial charge in [0.1, 0.15) is 0 Å². The van der Waals surface area contributed by atoms with E-state index in [1.807, 2.05) is 0 Å². The van der Waals surface area contributed by atoms with Crippen molar-refractivity contribution in [3.05, 3.63) is 0 Å². The molecule has 0 aliphatic heterocycles. The molecule has 4 nitrogen and oxygen atoms in total. The van der Waals surface area contributed by atoms with Gasteiger partial charge in [-0.2, -0.15) is 0 Å². The summed E-state index contributed by atoms with van der Waals surface area (Å²) in [5, 5.41) is 2.41. The fraction of sp³-hybridized carbons (Fsp3) is 0.889. The van der Waals surface area contributed by atoms with Crippen LogP contribution in [0.4, 0.5) is 13.6 Å². The second-order valence-electron chi connectivity index (χ2n) is 3.98. The van der Waals surface area contributed by atoms with Crippen LogP contribution in [0.3, 0.4) is 0 Å². The molecule has 0 bridgehead atoms. The molecule has 0 spiro atoms. The van der Waals surface area contributed by atoms with Crippen LogP contribution >= 0.6 is 0 Å². The van der Waals surface area contributed by atoms with E-state index in [1.165, 1.54) is 0 Å². The minimum atomic E-state index is -2.62. The Morgan fingerprint density at radius 3 is 2.56 bits per heavy atom. The molecule has 96 valence electrons. The van der Waals surface area contributed by atoms with E-state index >= 15 is 0 Å². The highest BCUT2D eigenvalue weighted by Gasteiger charge is 2.19. The first-order chi connectivity index (χ1) is 7.37. The average molecular weight is 255 g/mol. The van der Waals surface area contributed by atoms with Crippen LogP contribution in [0.15, 0.2) is 0 Å². The number of hydrogen-bond donors (Lipinski definition) is 1. The topological polar surface area (TPSA) is 47.6 Å². The minimum absolute atomic E-state index is 0.419. The molecule has 1 N–H and O–H groups in total. The van der Waals surface area contributed by atoms with E-state index in [4.69, 9.17) is 4.43 Å². The van der Waals surface area contributed by atoms with Crippen molar-refractivity contribution in [2.75, 3.05) is 20.3 Å². The molecule has 0 aliphatic carbocycles. The van der Waals surface area contributed by atoms with E-state index in [2.05, 4.69) is 23.1 Å². The number of alkyl halides is 2. The van der Waals surface area contributed by atoms with Crippen molar-refractivity contribution >= 4 is 14.4 Å². The van der Waals surface area contributed by atoms with Gasteiger partial charge in [-0.1, -0.05) is 0 Å². The molecule has 0 atom stereocenters. The number of hydrogen-bond acceptors (Lipinski definition) is 3. The molecule has 16 heavy (non-hydrogen) atoms. The summed E-state index contributed by atoms with van der Waals surface area (Å²) in [5.41, 5.74) is 0. The van der Waals surface area contributed by atoms with Crippen molar-refractivity contribution in [3.8, 4) is 0 Å². The Bertz CT molecular complexity index is 215. The summed E-state index contributed by atoms with van der Waals surface area (Å²) >= 11 is 0. The van der Waals surface area contributed by atoms with Gasteiger partial charge in [-0.3, -0.25) is 0 Å². The number of alkyl carbamates (subject to hydrolysis) is 1. The molecular weight excluding hydrogens is 236 g/mol. The third-order valence-corrected chi connectivity index (χ3v) is 4.78. The molecular formula is C9H19F2NO3Si. The molecule has 0 rings (SSSR count). The highest BCUT2D eigenvalue weighted by molar-refractivity contribution is 6.71. The zero-order chi connectivity index (χ0) is 12.6. The van der Waals surface area contributed by atoms with E-state index in [-0.39, 0.29) is 0 Å². The van der Waals surface area contributed by atoms with Crippen molar-refractivity contribution in [1.82, 2.24) is 5.32 Å². The van der Waals surface area contributed by atoms with Gasteiger partial charge in [-0.15, -0.1) is 0 Å². The third-order valence-electron chi connectivity index (χ3n) is 2.12. The number of carbonyl (C=O) groups is 1. The lowest BCUT2D eigenvalue weighted by atomic mass is 10.5. The van der Waals surface area contributed by atoms with Crippen LogP contribution in [0.25, 0.3) is 0 Å². The van der Waals surface area contributed by atoms with E-state index in [0.717, 1.165) is 12.5 Å². The zero-order valence-corrected chi connectivity index (χ0v) is 10.9. The maximum absolute atomic E-state index is 11.7. The van der Waals surface area contributed by atoms with Crippen LogP contribution in [-0.4, -0.2) is 41.1 Å². The Balaban J connectivity index is 3.48. The smallest absolute Gasteiger partial charge is 0.407 e. The highest BCUT2D eigenvalue weighted by atomic mass is 28.4. The normalized spacial score (nSPS) is 11.6. The van der Waals surface area contributed by atoms with Gasteiger partial charge in [0.25, 0.3) is 6.43 Å². The molecule has 7 heteroatoms. The van der Waals surface area contributed by atoms with Crippen LogP contribution < -0.4 is 5.32 Å².